The number of hydrogen-bond acceptors (Lipinski definition) is 5. The Balaban J connectivity index is 0.00000210. The van der Waals surface area contributed by atoms with E-state index in [1.165, 1.54) is 29.8 Å². The molecule has 4 rings (SSSR count). The average Bonchev–Trinajstić information content (AvgIpc) is 3.29. The van der Waals surface area contributed by atoms with Crippen LogP contribution >= 0.6 is 23.7 Å². The van der Waals surface area contributed by atoms with Gasteiger partial charge in [0.1, 0.15) is 0 Å². The summed E-state index contributed by atoms with van der Waals surface area (Å²) in [5, 5.41) is 11.5. The standard InChI is InChI=1S/C19H27N5OS.ClH/c1-2-4-13-6-7-15-17(11-13)26-19(21-15)22-18(25)16-8-10-24(23-16)14-5-3-9-20-12-14;/h8,10,13-14,20H,2-7,9,11-12H2,1H3,(H,21,22,25);1H. The zero-order chi connectivity index (χ0) is 17.9. The number of carbonyl (C=O) groups is 1. The zero-order valence-corrected chi connectivity index (χ0v) is 17.4. The SMILES string of the molecule is CCCC1CCc2nc(NC(=O)c3ccn(C4CCCNC4)n3)sc2C1.Cl. The summed E-state index contributed by atoms with van der Waals surface area (Å²) in [6.45, 7) is 4.23. The molecule has 8 heteroatoms. The number of amides is 1. The first-order chi connectivity index (χ1) is 12.7. The average molecular weight is 410 g/mol. The van der Waals surface area contributed by atoms with Gasteiger partial charge in [0.2, 0.25) is 0 Å². The molecule has 1 saturated heterocycles. The van der Waals surface area contributed by atoms with Crippen molar-refractivity contribution in [1.29, 1.82) is 0 Å². The van der Waals surface area contributed by atoms with E-state index >= 15 is 0 Å². The number of aryl methyl sites for hydroxylation is 1. The van der Waals surface area contributed by atoms with Crippen LogP contribution in [0.25, 0.3) is 0 Å². The fourth-order valence-corrected chi connectivity index (χ4v) is 5.15. The molecule has 3 heterocycles. The third kappa shape index (κ3) is 4.70. The summed E-state index contributed by atoms with van der Waals surface area (Å²) >= 11 is 1.64. The summed E-state index contributed by atoms with van der Waals surface area (Å²) in [4.78, 5) is 18.6. The van der Waals surface area contributed by atoms with E-state index < -0.39 is 0 Å². The third-order valence-corrected chi connectivity index (χ3v) is 6.48. The fraction of sp³-hybridized carbons (Fsp3) is 0.632. The predicted octanol–water partition coefficient (Wildman–Crippen LogP) is 3.84. The highest BCUT2D eigenvalue weighted by atomic mass is 35.5. The summed E-state index contributed by atoms with van der Waals surface area (Å²) in [5.74, 6) is 0.611. The minimum absolute atomic E-state index is 0. The number of thiazole rings is 1. The van der Waals surface area contributed by atoms with Crippen LogP contribution in [0, 0.1) is 5.92 Å². The molecule has 6 nitrogen and oxygen atoms in total. The van der Waals surface area contributed by atoms with Crippen molar-refractivity contribution in [2.45, 2.75) is 57.9 Å². The van der Waals surface area contributed by atoms with Gasteiger partial charge >= 0.3 is 0 Å². The number of piperidine rings is 1. The number of nitrogens with one attached hydrogen (secondary N) is 2. The molecule has 2 aliphatic rings. The first-order valence-electron chi connectivity index (χ1n) is 9.78. The van der Waals surface area contributed by atoms with Gasteiger partial charge in [-0.3, -0.25) is 14.8 Å². The van der Waals surface area contributed by atoms with Gasteiger partial charge in [0.15, 0.2) is 10.8 Å². The smallest absolute Gasteiger partial charge is 0.277 e. The van der Waals surface area contributed by atoms with Crippen LogP contribution in [0.4, 0.5) is 5.13 Å². The van der Waals surface area contributed by atoms with E-state index in [0.717, 1.165) is 44.7 Å². The molecule has 1 aliphatic carbocycles. The predicted molar refractivity (Wildman–Crippen MR) is 111 cm³/mol. The van der Waals surface area contributed by atoms with Crippen LogP contribution in [0.3, 0.4) is 0 Å². The first-order valence-corrected chi connectivity index (χ1v) is 10.6. The van der Waals surface area contributed by atoms with Crippen molar-refractivity contribution in [3.8, 4) is 0 Å². The van der Waals surface area contributed by atoms with E-state index in [1.54, 1.807) is 17.4 Å². The summed E-state index contributed by atoms with van der Waals surface area (Å²) in [7, 11) is 0. The van der Waals surface area contributed by atoms with E-state index in [0.29, 0.717) is 16.9 Å². The highest BCUT2D eigenvalue weighted by Crippen LogP contribution is 2.34. The second-order valence-electron chi connectivity index (χ2n) is 7.42. The Bertz CT molecular complexity index is 768. The van der Waals surface area contributed by atoms with Gasteiger partial charge in [-0.15, -0.1) is 23.7 Å². The number of anilines is 1. The Hall–Kier alpha value is -1.44. The minimum atomic E-state index is -0.163. The molecule has 0 saturated carbocycles. The van der Waals surface area contributed by atoms with Crippen molar-refractivity contribution in [1.82, 2.24) is 20.1 Å². The molecule has 0 aromatic carbocycles. The van der Waals surface area contributed by atoms with Crippen molar-refractivity contribution in [3.05, 3.63) is 28.5 Å². The van der Waals surface area contributed by atoms with Crippen LogP contribution in [-0.2, 0) is 12.8 Å². The van der Waals surface area contributed by atoms with Crippen LogP contribution in [0.1, 0.15) is 66.1 Å². The van der Waals surface area contributed by atoms with Gasteiger partial charge in [0, 0.05) is 17.6 Å². The Morgan fingerprint density at radius 3 is 3.11 bits per heavy atom. The molecular weight excluding hydrogens is 382 g/mol. The lowest BCUT2D eigenvalue weighted by Gasteiger charge is -2.22. The van der Waals surface area contributed by atoms with Crippen molar-refractivity contribution in [2.24, 2.45) is 5.92 Å². The van der Waals surface area contributed by atoms with Gasteiger partial charge in [0.05, 0.1) is 11.7 Å². The number of rotatable bonds is 5. The lowest BCUT2D eigenvalue weighted by Crippen LogP contribution is -2.32. The highest BCUT2D eigenvalue weighted by molar-refractivity contribution is 7.15. The molecule has 2 N–H and O–H groups in total. The van der Waals surface area contributed by atoms with E-state index in [4.69, 9.17) is 0 Å². The summed E-state index contributed by atoms with van der Waals surface area (Å²) < 4.78 is 1.92. The highest BCUT2D eigenvalue weighted by Gasteiger charge is 2.23. The summed E-state index contributed by atoms with van der Waals surface area (Å²) in [6.07, 6.45) is 10.1. The molecule has 0 radical (unpaired) electrons. The second kappa shape index (κ2) is 9.17. The Morgan fingerprint density at radius 2 is 2.33 bits per heavy atom. The molecule has 1 aliphatic heterocycles. The van der Waals surface area contributed by atoms with Crippen LogP contribution < -0.4 is 10.6 Å². The van der Waals surface area contributed by atoms with Crippen LogP contribution in [-0.4, -0.2) is 33.8 Å². The van der Waals surface area contributed by atoms with Crippen molar-refractivity contribution < 1.29 is 4.79 Å². The van der Waals surface area contributed by atoms with Gasteiger partial charge in [-0.2, -0.15) is 5.10 Å². The topological polar surface area (TPSA) is 71.8 Å². The molecule has 148 valence electrons. The van der Waals surface area contributed by atoms with Crippen molar-refractivity contribution in [2.75, 3.05) is 18.4 Å². The largest absolute Gasteiger partial charge is 0.315 e. The number of hydrogen-bond donors (Lipinski definition) is 2. The molecule has 0 spiro atoms. The third-order valence-electron chi connectivity index (χ3n) is 5.45. The van der Waals surface area contributed by atoms with E-state index in [-0.39, 0.29) is 18.3 Å². The van der Waals surface area contributed by atoms with E-state index in [1.807, 2.05) is 10.9 Å². The molecule has 1 fully saturated rings. The van der Waals surface area contributed by atoms with Gasteiger partial charge in [-0.25, -0.2) is 4.98 Å². The Labute approximate surface area is 170 Å². The van der Waals surface area contributed by atoms with Gasteiger partial charge in [-0.05, 0) is 50.6 Å². The molecule has 1 amide bonds. The van der Waals surface area contributed by atoms with Gasteiger partial charge in [0.25, 0.3) is 5.91 Å². The van der Waals surface area contributed by atoms with E-state index in [2.05, 4.69) is 27.6 Å². The summed E-state index contributed by atoms with van der Waals surface area (Å²) in [5.41, 5.74) is 1.64. The molecule has 27 heavy (non-hydrogen) atoms. The number of aromatic nitrogens is 3. The van der Waals surface area contributed by atoms with Gasteiger partial charge < -0.3 is 5.32 Å². The second-order valence-corrected chi connectivity index (χ2v) is 8.51. The fourth-order valence-electron chi connectivity index (χ4n) is 4.03. The Kier molecular flexibility index (Phi) is 6.89. The molecule has 2 atom stereocenters. The molecule has 0 bridgehead atoms. The quantitative estimate of drug-likeness (QED) is 0.786. The molecule has 2 unspecified atom stereocenters. The van der Waals surface area contributed by atoms with Crippen molar-refractivity contribution >= 4 is 34.8 Å². The van der Waals surface area contributed by atoms with Crippen LogP contribution in [0.5, 0.6) is 0 Å². The molecule has 2 aromatic heterocycles. The zero-order valence-electron chi connectivity index (χ0n) is 15.7. The van der Waals surface area contributed by atoms with E-state index in [9.17, 15) is 4.79 Å². The number of fused-ring (bicyclic) bond motifs is 1. The lowest BCUT2D eigenvalue weighted by atomic mass is 9.88. The maximum Gasteiger partial charge on any atom is 0.277 e. The monoisotopic (exact) mass is 409 g/mol. The maximum atomic E-state index is 12.6. The lowest BCUT2D eigenvalue weighted by molar-refractivity contribution is 0.102. The minimum Gasteiger partial charge on any atom is -0.315 e. The maximum absolute atomic E-state index is 12.6. The Morgan fingerprint density at radius 1 is 1.44 bits per heavy atom. The normalized spacial score (nSPS) is 22.0. The van der Waals surface area contributed by atoms with Crippen LogP contribution in [0.2, 0.25) is 0 Å². The van der Waals surface area contributed by atoms with Gasteiger partial charge in [-0.1, -0.05) is 19.8 Å². The van der Waals surface area contributed by atoms with Crippen LogP contribution in [0.15, 0.2) is 12.3 Å². The first kappa shape index (κ1) is 20.3. The number of nitrogens with zero attached hydrogens (tertiary/aromatic N) is 3. The number of halogens is 1. The summed E-state index contributed by atoms with van der Waals surface area (Å²) in [6, 6.07) is 2.14. The molecular formula is C19H28ClN5OS. The number of carbonyl (C=O) groups excluding carboxylic acids is 1. The van der Waals surface area contributed by atoms with Crippen molar-refractivity contribution in [3.63, 3.8) is 0 Å². The molecule has 2 aromatic rings.